The Labute approximate surface area is 100 Å². The lowest BCUT2D eigenvalue weighted by atomic mass is 10.3. The molecule has 0 radical (unpaired) electrons. The van der Waals surface area contributed by atoms with Crippen LogP contribution < -0.4 is 16.4 Å². The van der Waals surface area contributed by atoms with E-state index in [1.807, 2.05) is 19.0 Å². The van der Waals surface area contributed by atoms with Crippen molar-refractivity contribution in [1.29, 1.82) is 0 Å². The van der Waals surface area contributed by atoms with Crippen molar-refractivity contribution in [2.45, 2.75) is 0 Å². The van der Waals surface area contributed by atoms with Gasteiger partial charge in [-0.1, -0.05) is 0 Å². The van der Waals surface area contributed by atoms with Gasteiger partial charge in [-0.3, -0.25) is 0 Å². The fourth-order valence-electron chi connectivity index (χ4n) is 0.960. The average Bonchev–Trinajstić information content (AvgIpc) is 2.35. The first-order valence-corrected chi connectivity index (χ1v) is 5.00. The highest BCUT2D eigenvalue weighted by molar-refractivity contribution is 5.47. The standard InChI is InChI=1S/C6H8N2.C5H8N4/c7-5-1-2-6(8)4-3-5;1-9(2)5-7-3-6-4-8-5/h1-4H,7-8H2;3-4H,1-2H3. The van der Waals surface area contributed by atoms with Gasteiger partial charge in [0.05, 0.1) is 0 Å². The molecule has 0 atom stereocenters. The molecule has 2 rings (SSSR count). The Morgan fingerprint density at radius 1 is 0.882 bits per heavy atom. The normalized spacial score (nSPS) is 9.06. The van der Waals surface area contributed by atoms with Crippen molar-refractivity contribution < 1.29 is 0 Å². The molecule has 1 aromatic heterocycles. The molecule has 2 aromatic rings. The largest absolute Gasteiger partial charge is 0.399 e. The molecule has 0 unspecified atom stereocenters. The third kappa shape index (κ3) is 4.78. The van der Waals surface area contributed by atoms with Gasteiger partial charge in [-0.15, -0.1) is 0 Å². The minimum Gasteiger partial charge on any atom is -0.399 e. The van der Waals surface area contributed by atoms with Crippen LogP contribution in [0.2, 0.25) is 0 Å². The third-order valence-electron chi connectivity index (χ3n) is 1.82. The van der Waals surface area contributed by atoms with E-state index < -0.39 is 0 Å². The van der Waals surface area contributed by atoms with E-state index >= 15 is 0 Å². The van der Waals surface area contributed by atoms with Crippen LogP contribution in [-0.2, 0) is 0 Å². The average molecular weight is 232 g/mol. The summed E-state index contributed by atoms with van der Waals surface area (Å²) in [6.45, 7) is 0. The van der Waals surface area contributed by atoms with Crippen LogP contribution in [0.4, 0.5) is 17.3 Å². The molecule has 0 saturated heterocycles. The van der Waals surface area contributed by atoms with E-state index in [4.69, 9.17) is 11.5 Å². The summed E-state index contributed by atoms with van der Waals surface area (Å²) in [7, 11) is 3.77. The molecule has 0 saturated carbocycles. The van der Waals surface area contributed by atoms with Gasteiger partial charge in [0.25, 0.3) is 0 Å². The van der Waals surface area contributed by atoms with Crippen LogP contribution >= 0.6 is 0 Å². The molecule has 4 N–H and O–H groups in total. The second-order valence-corrected chi connectivity index (χ2v) is 3.50. The number of nitrogens with zero attached hydrogens (tertiary/aromatic N) is 4. The van der Waals surface area contributed by atoms with Gasteiger partial charge < -0.3 is 16.4 Å². The quantitative estimate of drug-likeness (QED) is 0.706. The number of hydrogen-bond donors (Lipinski definition) is 2. The summed E-state index contributed by atoms with van der Waals surface area (Å²) in [6.07, 6.45) is 2.95. The number of anilines is 3. The van der Waals surface area contributed by atoms with Gasteiger partial charge in [0.15, 0.2) is 0 Å². The summed E-state index contributed by atoms with van der Waals surface area (Å²) in [5, 5.41) is 0. The molecular weight excluding hydrogens is 216 g/mol. The van der Waals surface area contributed by atoms with E-state index in [0.717, 1.165) is 11.4 Å². The molecule has 6 nitrogen and oxygen atoms in total. The topological polar surface area (TPSA) is 94.0 Å². The van der Waals surface area contributed by atoms with Crippen LogP contribution in [0.5, 0.6) is 0 Å². The van der Waals surface area contributed by atoms with E-state index in [0.29, 0.717) is 5.95 Å². The van der Waals surface area contributed by atoms with Gasteiger partial charge in [0.1, 0.15) is 12.7 Å². The van der Waals surface area contributed by atoms with E-state index in [1.165, 1.54) is 12.7 Å². The summed E-state index contributed by atoms with van der Waals surface area (Å²) in [6, 6.07) is 7.09. The predicted octanol–water partition coefficient (Wildman–Crippen LogP) is 0.789. The second-order valence-electron chi connectivity index (χ2n) is 3.50. The molecule has 0 fully saturated rings. The van der Waals surface area contributed by atoms with Crippen molar-refractivity contribution in [3.63, 3.8) is 0 Å². The first kappa shape index (κ1) is 12.7. The van der Waals surface area contributed by atoms with Gasteiger partial charge in [-0.2, -0.15) is 0 Å². The van der Waals surface area contributed by atoms with Gasteiger partial charge in [0, 0.05) is 25.5 Å². The summed E-state index contributed by atoms with van der Waals surface area (Å²) in [4.78, 5) is 13.3. The summed E-state index contributed by atoms with van der Waals surface area (Å²) in [5.41, 5.74) is 12.2. The zero-order valence-electron chi connectivity index (χ0n) is 9.91. The smallest absolute Gasteiger partial charge is 0.227 e. The lowest BCUT2D eigenvalue weighted by Gasteiger charge is -2.06. The fourth-order valence-corrected chi connectivity index (χ4v) is 0.960. The van der Waals surface area contributed by atoms with Crippen LogP contribution in [0.25, 0.3) is 0 Å². The van der Waals surface area contributed by atoms with Gasteiger partial charge in [0.2, 0.25) is 5.95 Å². The number of benzene rings is 1. The summed E-state index contributed by atoms with van der Waals surface area (Å²) >= 11 is 0. The molecule has 6 heteroatoms. The molecule has 1 aromatic carbocycles. The highest BCUT2D eigenvalue weighted by Gasteiger charge is 1.92. The molecule has 0 amide bonds. The Morgan fingerprint density at radius 2 is 1.29 bits per heavy atom. The van der Waals surface area contributed by atoms with Crippen LogP contribution in [0.3, 0.4) is 0 Å². The van der Waals surface area contributed by atoms with Crippen molar-refractivity contribution in [2.24, 2.45) is 0 Å². The highest BCUT2D eigenvalue weighted by atomic mass is 15.2. The number of nitrogens with two attached hydrogens (primary N) is 2. The SMILES string of the molecule is CN(C)c1ncncn1.Nc1ccc(N)cc1. The fraction of sp³-hybridized carbons (Fsp3) is 0.182. The Kier molecular flexibility index (Phi) is 4.68. The zero-order valence-corrected chi connectivity index (χ0v) is 9.91. The molecule has 0 spiro atoms. The maximum Gasteiger partial charge on any atom is 0.227 e. The van der Waals surface area contributed by atoms with Crippen molar-refractivity contribution >= 4 is 17.3 Å². The highest BCUT2D eigenvalue weighted by Crippen LogP contribution is 2.04. The van der Waals surface area contributed by atoms with Gasteiger partial charge in [-0.05, 0) is 24.3 Å². The molecule has 0 aliphatic heterocycles. The lowest BCUT2D eigenvalue weighted by molar-refractivity contribution is 0.955. The van der Waals surface area contributed by atoms with Crippen molar-refractivity contribution in [3.8, 4) is 0 Å². The van der Waals surface area contributed by atoms with Crippen LogP contribution in [0.1, 0.15) is 0 Å². The van der Waals surface area contributed by atoms with E-state index in [2.05, 4.69) is 15.0 Å². The Balaban J connectivity index is 0.000000171. The van der Waals surface area contributed by atoms with Gasteiger partial charge >= 0.3 is 0 Å². The first-order chi connectivity index (χ1) is 8.09. The van der Waals surface area contributed by atoms with E-state index in [-0.39, 0.29) is 0 Å². The number of rotatable bonds is 1. The third-order valence-corrected chi connectivity index (χ3v) is 1.82. The molecule has 0 aliphatic carbocycles. The maximum atomic E-state index is 5.37. The van der Waals surface area contributed by atoms with Crippen LogP contribution in [-0.4, -0.2) is 29.0 Å². The molecule has 90 valence electrons. The monoisotopic (exact) mass is 232 g/mol. The first-order valence-electron chi connectivity index (χ1n) is 5.00. The van der Waals surface area contributed by atoms with Crippen LogP contribution in [0.15, 0.2) is 36.9 Å². The molecule has 0 aliphatic rings. The van der Waals surface area contributed by atoms with E-state index in [9.17, 15) is 0 Å². The van der Waals surface area contributed by atoms with Crippen LogP contribution in [0, 0.1) is 0 Å². The second kappa shape index (κ2) is 6.26. The van der Waals surface area contributed by atoms with Crippen molar-refractivity contribution in [2.75, 3.05) is 30.5 Å². The summed E-state index contributed by atoms with van der Waals surface area (Å²) < 4.78 is 0. The molecule has 1 heterocycles. The maximum absolute atomic E-state index is 5.37. The number of aromatic nitrogens is 3. The predicted molar refractivity (Wildman–Crippen MR) is 69.4 cm³/mol. The van der Waals surface area contributed by atoms with Gasteiger partial charge in [-0.25, -0.2) is 15.0 Å². The number of hydrogen-bond acceptors (Lipinski definition) is 6. The summed E-state index contributed by atoms with van der Waals surface area (Å²) in [5.74, 6) is 0.685. The van der Waals surface area contributed by atoms with E-state index in [1.54, 1.807) is 24.3 Å². The molecular formula is C11H16N6. The molecule has 17 heavy (non-hydrogen) atoms. The zero-order chi connectivity index (χ0) is 12.7. The minimum atomic E-state index is 0.685. The number of nitrogen functional groups attached to an aromatic ring is 2. The lowest BCUT2D eigenvalue weighted by Crippen LogP contribution is -2.12. The van der Waals surface area contributed by atoms with Crippen molar-refractivity contribution in [1.82, 2.24) is 15.0 Å². The Bertz CT molecular complexity index is 404. The minimum absolute atomic E-state index is 0.685. The Morgan fingerprint density at radius 3 is 1.59 bits per heavy atom. The Hall–Kier alpha value is -2.37. The molecule has 0 bridgehead atoms. The van der Waals surface area contributed by atoms with Crippen molar-refractivity contribution in [3.05, 3.63) is 36.9 Å².